The molecule has 0 radical (unpaired) electrons. The van der Waals surface area contributed by atoms with Gasteiger partial charge in [0.25, 0.3) is 0 Å². The molecule has 1 N–H and O–H groups in total. The molecule has 0 aliphatic heterocycles. The van der Waals surface area contributed by atoms with Gasteiger partial charge in [0.1, 0.15) is 24.2 Å². The standard InChI is InChI=1S/C19H22ClFN2O4S/c1-3-17(23(28(2,25)26)15-10-8-14(21)9-11-15)19(24)22-12-13-27-18-7-5-4-6-16(18)20/h4-11,17H,3,12-13H2,1-2H3,(H,22,24)/t17-/m1/s1. The topological polar surface area (TPSA) is 75.7 Å². The van der Waals surface area contributed by atoms with Gasteiger partial charge in [0.15, 0.2) is 0 Å². The fraction of sp³-hybridized carbons (Fsp3) is 0.316. The van der Waals surface area contributed by atoms with Crippen molar-refractivity contribution in [2.45, 2.75) is 19.4 Å². The highest BCUT2D eigenvalue weighted by molar-refractivity contribution is 7.92. The van der Waals surface area contributed by atoms with Crippen LogP contribution in [0.2, 0.25) is 5.02 Å². The van der Waals surface area contributed by atoms with Gasteiger partial charge in [-0.1, -0.05) is 30.7 Å². The number of halogens is 2. The molecule has 6 nitrogen and oxygen atoms in total. The summed E-state index contributed by atoms with van der Waals surface area (Å²) < 4.78 is 44.3. The zero-order valence-electron chi connectivity index (χ0n) is 15.6. The van der Waals surface area contributed by atoms with Crippen molar-refractivity contribution in [2.75, 3.05) is 23.7 Å². The Kier molecular flexibility index (Phi) is 7.65. The number of anilines is 1. The fourth-order valence-corrected chi connectivity index (χ4v) is 4.07. The third kappa shape index (κ3) is 5.84. The molecule has 2 aromatic rings. The lowest BCUT2D eigenvalue weighted by Gasteiger charge is -2.30. The first-order valence-corrected chi connectivity index (χ1v) is 10.9. The summed E-state index contributed by atoms with van der Waals surface area (Å²) in [5.74, 6) is -0.471. The van der Waals surface area contributed by atoms with E-state index in [9.17, 15) is 17.6 Å². The number of carbonyl (C=O) groups excluding carboxylic acids is 1. The smallest absolute Gasteiger partial charge is 0.244 e. The summed E-state index contributed by atoms with van der Waals surface area (Å²) in [6, 6.07) is 10.9. The van der Waals surface area contributed by atoms with Gasteiger partial charge >= 0.3 is 0 Å². The Labute approximate surface area is 169 Å². The first-order chi connectivity index (χ1) is 13.2. The van der Waals surface area contributed by atoms with Gasteiger partial charge in [0, 0.05) is 0 Å². The summed E-state index contributed by atoms with van der Waals surface area (Å²) in [6.07, 6.45) is 1.24. The van der Waals surface area contributed by atoms with Gasteiger partial charge in [0.05, 0.1) is 23.5 Å². The predicted octanol–water partition coefficient (Wildman–Crippen LogP) is 3.22. The SMILES string of the molecule is CC[C@H](C(=O)NCCOc1ccccc1Cl)N(c1ccc(F)cc1)S(C)(=O)=O. The minimum absolute atomic E-state index is 0.168. The number of hydrogen-bond donors (Lipinski definition) is 1. The van der Waals surface area contributed by atoms with Crippen LogP contribution in [0.1, 0.15) is 13.3 Å². The highest BCUT2D eigenvalue weighted by atomic mass is 35.5. The van der Waals surface area contributed by atoms with E-state index in [1.54, 1.807) is 31.2 Å². The van der Waals surface area contributed by atoms with Crippen molar-refractivity contribution in [3.05, 3.63) is 59.4 Å². The largest absolute Gasteiger partial charge is 0.490 e. The van der Waals surface area contributed by atoms with E-state index in [4.69, 9.17) is 16.3 Å². The molecule has 28 heavy (non-hydrogen) atoms. The van der Waals surface area contributed by atoms with Gasteiger partial charge < -0.3 is 10.1 Å². The lowest BCUT2D eigenvalue weighted by molar-refractivity contribution is -0.122. The second kappa shape index (κ2) is 9.75. The van der Waals surface area contributed by atoms with Gasteiger partial charge in [-0.15, -0.1) is 0 Å². The number of amides is 1. The third-order valence-electron chi connectivity index (χ3n) is 3.91. The zero-order chi connectivity index (χ0) is 20.7. The Morgan fingerprint density at radius 3 is 2.43 bits per heavy atom. The number of ether oxygens (including phenoxy) is 1. The van der Waals surface area contributed by atoms with E-state index in [0.29, 0.717) is 10.8 Å². The van der Waals surface area contributed by atoms with Crippen LogP contribution in [0.25, 0.3) is 0 Å². The van der Waals surface area contributed by atoms with Crippen molar-refractivity contribution in [3.8, 4) is 5.75 Å². The quantitative estimate of drug-likeness (QED) is 0.622. The minimum Gasteiger partial charge on any atom is -0.490 e. The summed E-state index contributed by atoms with van der Waals surface area (Å²) in [4.78, 5) is 12.6. The van der Waals surface area contributed by atoms with Crippen LogP contribution in [0.3, 0.4) is 0 Å². The van der Waals surface area contributed by atoms with Crippen molar-refractivity contribution in [3.63, 3.8) is 0 Å². The lowest BCUT2D eigenvalue weighted by Crippen LogP contribution is -2.50. The molecule has 0 fully saturated rings. The van der Waals surface area contributed by atoms with Crippen molar-refractivity contribution in [2.24, 2.45) is 0 Å². The fourth-order valence-electron chi connectivity index (χ4n) is 2.66. The zero-order valence-corrected chi connectivity index (χ0v) is 17.1. The van der Waals surface area contributed by atoms with E-state index in [1.165, 1.54) is 12.1 Å². The third-order valence-corrected chi connectivity index (χ3v) is 5.40. The van der Waals surface area contributed by atoms with Crippen molar-refractivity contribution in [1.29, 1.82) is 0 Å². The van der Waals surface area contributed by atoms with Gasteiger partial charge in [-0.25, -0.2) is 12.8 Å². The number of carbonyl (C=O) groups is 1. The highest BCUT2D eigenvalue weighted by Crippen LogP contribution is 2.24. The molecule has 0 saturated heterocycles. The van der Waals surface area contributed by atoms with E-state index in [1.807, 2.05) is 0 Å². The normalized spacial score (nSPS) is 12.3. The van der Waals surface area contributed by atoms with E-state index in [0.717, 1.165) is 22.7 Å². The van der Waals surface area contributed by atoms with E-state index >= 15 is 0 Å². The van der Waals surface area contributed by atoms with Crippen LogP contribution in [0, 0.1) is 5.82 Å². The van der Waals surface area contributed by atoms with Gasteiger partial charge in [0.2, 0.25) is 15.9 Å². The number of nitrogens with one attached hydrogen (secondary N) is 1. The number of para-hydroxylation sites is 1. The van der Waals surface area contributed by atoms with Crippen LogP contribution in [-0.4, -0.2) is 39.8 Å². The van der Waals surface area contributed by atoms with Crippen molar-refractivity contribution < 1.29 is 22.3 Å². The maximum atomic E-state index is 13.2. The van der Waals surface area contributed by atoms with E-state index < -0.39 is 27.8 Å². The molecular formula is C19H22ClFN2O4S. The van der Waals surface area contributed by atoms with E-state index in [-0.39, 0.29) is 25.3 Å². The van der Waals surface area contributed by atoms with Crippen LogP contribution in [-0.2, 0) is 14.8 Å². The molecule has 0 unspecified atom stereocenters. The van der Waals surface area contributed by atoms with Crippen LogP contribution in [0.5, 0.6) is 5.75 Å². The Balaban J connectivity index is 2.05. The molecule has 1 amide bonds. The second-order valence-corrected chi connectivity index (χ2v) is 8.30. The Morgan fingerprint density at radius 2 is 1.86 bits per heavy atom. The summed E-state index contributed by atoms with van der Waals surface area (Å²) in [5.41, 5.74) is 0.221. The van der Waals surface area contributed by atoms with Crippen LogP contribution in [0.15, 0.2) is 48.5 Å². The molecule has 2 aromatic carbocycles. The number of sulfonamides is 1. The summed E-state index contributed by atoms with van der Waals surface area (Å²) in [7, 11) is -3.76. The van der Waals surface area contributed by atoms with Gasteiger partial charge in [-0.05, 0) is 42.8 Å². The molecule has 0 spiro atoms. The molecule has 0 saturated carbocycles. The molecule has 2 rings (SSSR count). The summed E-state index contributed by atoms with van der Waals surface area (Å²) in [6.45, 7) is 2.04. The first-order valence-electron chi connectivity index (χ1n) is 8.64. The number of hydrogen-bond acceptors (Lipinski definition) is 4. The van der Waals surface area contributed by atoms with Crippen molar-refractivity contribution >= 4 is 33.2 Å². The van der Waals surface area contributed by atoms with Crippen LogP contribution < -0.4 is 14.4 Å². The Hall–Kier alpha value is -2.32. The molecule has 0 bridgehead atoms. The molecule has 1 atom stereocenters. The average molecular weight is 429 g/mol. The second-order valence-electron chi connectivity index (χ2n) is 6.03. The lowest BCUT2D eigenvalue weighted by atomic mass is 10.2. The van der Waals surface area contributed by atoms with Crippen LogP contribution >= 0.6 is 11.6 Å². The molecule has 152 valence electrons. The molecular weight excluding hydrogens is 407 g/mol. The molecule has 0 heterocycles. The number of rotatable bonds is 9. The van der Waals surface area contributed by atoms with E-state index in [2.05, 4.69) is 5.32 Å². The predicted molar refractivity (Wildman–Crippen MR) is 108 cm³/mol. The molecule has 0 aliphatic carbocycles. The maximum absolute atomic E-state index is 13.2. The Bertz CT molecular complexity index is 906. The minimum atomic E-state index is -3.76. The van der Waals surface area contributed by atoms with Crippen molar-refractivity contribution in [1.82, 2.24) is 5.32 Å². The first kappa shape index (κ1) is 22.0. The average Bonchev–Trinajstić information content (AvgIpc) is 2.64. The monoisotopic (exact) mass is 428 g/mol. The van der Waals surface area contributed by atoms with Crippen LogP contribution in [0.4, 0.5) is 10.1 Å². The number of benzene rings is 2. The number of nitrogens with zero attached hydrogens (tertiary/aromatic N) is 1. The van der Waals surface area contributed by atoms with Gasteiger partial charge in [-0.3, -0.25) is 9.10 Å². The summed E-state index contributed by atoms with van der Waals surface area (Å²) in [5, 5.41) is 3.13. The molecule has 9 heteroatoms. The highest BCUT2D eigenvalue weighted by Gasteiger charge is 2.31. The van der Waals surface area contributed by atoms with Gasteiger partial charge in [-0.2, -0.15) is 0 Å². The maximum Gasteiger partial charge on any atom is 0.244 e. The molecule has 0 aliphatic rings. The summed E-state index contributed by atoms with van der Waals surface area (Å²) >= 11 is 6.00. The molecule has 0 aromatic heterocycles. The Morgan fingerprint density at radius 1 is 1.21 bits per heavy atom.